The van der Waals surface area contributed by atoms with E-state index >= 15 is 0 Å². The number of aryl methyl sites for hydroxylation is 1. The summed E-state index contributed by atoms with van der Waals surface area (Å²) in [5, 5.41) is 0.962. The zero-order valence-electron chi connectivity index (χ0n) is 19.7. The lowest BCUT2D eigenvalue weighted by Gasteiger charge is -2.23. The molecule has 0 radical (unpaired) electrons. The Morgan fingerprint density at radius 3 is 2.57 bits per heavy atom. The smallest absolute Gasteiger partial charge is 0.138 e. The first kappa shape index (κ1) is 23.0. The van der Waals surface area contributed by atoms with E-state index in [0.717, 1.165) is 33.4 Å². The molecule has 0 saturated carbocycles. The topological polar surface area (TPSA) is 86.4 Å². The molecule has 9 heteroatoms. The zero-order valence-corrected chi connectivity index (χ0v) is 20.6. The van der Waals surface area contributed by atoms with Gasteiger partial charge < -0.3 is 20.1 Å². The highest BCUT2D eigenvalue weighted by atomic mass is 32.1. The molecule has 1 unspecified atom stereocenters. The molecule has 180 valence electrons. The van der Waals surface area contributed by atoms with Gasteiger partial charge in [0.15, 0.2) is 0 Å². The normalized spacial score (nSPS) is 14.9. The van der Waals surface area contributed by atoms with Crippen LogP contribution in [0.3, 0.4) is 0 Å². The van der Waals surface area contributed by atoms with Gasteiger partial charge in [-0.15, -0.1) is 11.3 Å². The van der Waals surface area contributed by atoms with Crippen molar-refractivity contribution < 1.29 is 13.9 Å². The highest BCUT2D eigenvalue weighted by Crippen LogP contribution is 2.42. The van der Waals surface area contributed by atoms with Crippen molar-refractivity contribution in [2.45, 2.75) is 39.3 Å². The van der Waals surface area contributed by atoms with Crippen LogP contribution in [0.4, 0.5) is 16.0 Å². The number of nitrogen functional groups attached to an aromatic ring is 1. The molecule has 0 aliphatic carbocycles. The summed E-state index contributed by atoms with van der Waals surface area (Å²) >= 11 is 1.55. The summed E-state index contributed by atoms with van der Waals surface area (Å²) < 4.78 is 25.9. The maximum Gasteiger partial charge on any atom is 0.138 e. The Bertz CT molecular complexity index is 1340. The number of ether oxygens (including phenoxy) is 2. The Morgan fingerprint density at radius 1 is 1.09 bits per heavy atom. The number of rotatable bonds is 7. The van der Waals surface area contributed by atoms with E-state index in [9.17, 15) is 4.39 Å². The number of aromatic nitrogens is 3. The van der Waals surface area contributed by atoms with Crippen LogP contribution in [0, 0.1) is 12.7 Å². The second kappa shape index (κ2) is 9.50. The number of hydrogen-bond acceptors (Lipinski definition) is 8. The number of anilines is 2. The molecule has 0 fully saturated rings. The third kappa shape index (κ3) is 4.90. The molecule has 0 amide bonds. The van der Waals surface area contributed by atoms with Crippen LogP contribution in [-0.4, -0.2) is 27.5 Å². The Morgan fingerprint density at radius 2 is 1.86 bits per heavy atom. The average Bonchev–Trinajstić information content (AvgIpc) is 3.42. The molecule has 1 aliphatic heterocycles. The van der Waals surface area contributed by atoms with Crippen molar-refractivity contribution in [2.75, 3.05) is 17.2 Å². The largest absolute Gasteiger partial charge is 0.488 e. The molecular weight excluding hydrogens is 465 g/mol. The zero-order chi connectivity index (χ0) is 24.5. The van der Waals surface area contributed by atoms with Gasteiger partial charge in [-0.05, 0) is 38.5 Å². The molecule has 7 nitrogen and oxygen atoms in total. The SMILES string of the molecule is Cc1ncc(COc2cc(F)cc(Oc3ccc(C4CN(C(C)C)c5ncnc(N)c54)cc3)c2)s1. The van der Waals surface area contributed by atoms with Crippen molar-refractivity contribution in [2.24, 2.45) is 0 Å². The molecule has 0 spiro atoms. The summed E-state index contributed by atoms with van der Waals surface area (Å²) in [6.07, 6.45) is 3.28. The Balaban J connectivity index is 1.32. The number of fused-ring (bicyclic) bond motifs is 1. The predicted molar refractivity (Wildman–Crippen MR) is 135 cm³/mol. The van der Waals surface area contributed by atoms with Crippen LogP contribution >= 0.6 is 11.3 Å². The molecule has 0 bridgehead atoms. The molecular formula is C26H26FN5O2S. The van der Waals surface area contributed by atoms with Crippen LogP contribution in [0.25, 0.3) is 0 Å². The Labute approximate surface area is 207 Å². The number of hydrogen-bond donors (Lipinski definition) is 1. The fraction of sp³-hybridized carbons (Fsp3) is 0.269. The van der Waals surface area contributed by atoms with Crippen LogP contribution in [0.5, 0.6) is 17.2 Å². The van der Waals surface area contributed by atoms with Crippen LogP contribution in [-0.2, 0) is 6.61 Å². The maximum absolute atomic E-state index is 14.2. The van der Waals surface area contributed by atoms with Gasteiger partial charge in [-0.1, -0.05) is 12.1 Å². The summed E-state index contributed by atoms with van der Waals surface area (Å²) in [6.45, 7) is 7.31. The molecule has 1 atom stereocenters. The lowest BCUT2D eigenvalue weighted by Crippen LogP contribution is -2.30. The molecule has 2 aromatic heterocycles. The van der Waals surface area contributed by atoms with Crippen LogP contribution in [0.2, 0.25) is 0 Å². The van der Waals surface area contributed by atoms with E-state index in [-0.39, 0.29) is 5.92 Å². The van der Waals surface area contributed by atoms with E-state index in [2.05, 4.69) is 33.7 Å². The molecule has 0 saturated heterocycles. The second-order valence-corrected chi connectivity index (χ2v) is 10.0. The Kier molecular flexibility index (Phi) is 6.25. The average molecular weight is 492 g/mol. The maximum atomic E-state index is 14.2. The van der Waals surface area contributed by atoms with E-state index in [4.69, 9.17) is 15.2 Å². The van der Waals surface area contributed by atoms with Crippen LogP contribution in [0.1, 0.15) is 40.8 Å². The van der Waals surface area contributed by atoms with E-state index in [1.165, 1.54) is 18.5 Å². The Hall–Kier alpha value is -3.72. The number of benzene rings is 2. The van der Waals surface area contributed by atoms with Gasteiger partial charge in [0.1, 0.15) is 47.6 Å². The molecule has 1 aliphatic rings. The fourth-order valence-electron chi connectivity index (χ4n) is 4.27. The van der Waals surface area contributed by atoms with E-state index < -0.39 is 5.82 Å². The lowest BCUT2D eigenvalue weighted by molar-refractivity contribution is 0.306. The molecule has 2 aromatic carbocycles. The van der Waals surface area contributed by atoms with Gasteiger partial charge in [0.2, 0.25) is 0 Å². The molecule has 5 rings (SSSR count). The summed E-state index contributed by atoms with van der Waals surface area (Å²) in [7, 11) is 0. The van der Waals surface area contributed by atoms with E-state index in [0.29, 0.717) is 35.7 Å². The van der Waals surface area contributed by atoms with Crippen LogP contribution in [0.15, 0.2) is 55.0 Å². The van der Waals surface area contributed by atoms with Gasteiger partial charge in [-0.2, -0.15) is 0 Å². The summed E-state index contributed by atoms with van der Waals surface area (Å²) in [5.74, 6) is 2.38. The minimum Gasteiger partial charge on any atom is -0.488 e. The molecule has 2 N–H and O–H groups in total. The van der Waals surface area contributed by atoms with Crippen LogP contribution < -0.4 is 20.1 Å². The fourth-order valence-corrected chi connectivity index (χ4v) is 4.98. The van der Waals surface area contributed by atoms with Gasteiger partial charge >= 0.3 is 0 Å². The van der Waals surface area contributed by atoms with Crippen molar-refractivity contribution >= 4 is 23.0 Å². The predicted octanol–water partition coefficient (Wildman–Crippen LogP) is 5.69. The first-order valence-electron chi connectivity index (χ1n) is 11.4. The van der Waals surface area contributed by atoms with Gasteiger partial charge in [-0.25, -0.2) is 19.3 Å². The quantitative estimate of drug-likeness (QED) is 0.355. The standard InChI is InChI=1S/C26H26FN5O2S/c1-15(2)32-12-23(24-25(28)30-14-31-26(24)32)17-4-6-19(7-5-17)34-21-9-18(27)8-20(10-21)33-13-22-11-29-16(3)35-22/h4-11,14-15,23H,12-13H2,1-3H3,(H2,28,30,31). The van der Waals surface area contributed by atoms with E-state index in [1.807, 2.05) is 31.2 Å². The van der Waals surface area contributed by atoms with Gasteiger partial charge in [0.05, 0.1) is 9.88 Å². The molecule has 4 aromatic rings. The monoisotopic (exact) mass is 491 g/mol. The van der Waals surface area contributed by atoms with Crippen molar-refractivity contribution in [3.63, 3.8) is 0 Å². The first-order chi connectivity index (χ1) is 16.9. The third-order valence-corrected chi connectivity index (χ3v) is 6.82. The lowest BCUT2D eigenvalue weighted by atomic mass is 9.94. The van der Waals surface area contributed by atoms with Gasteiger partial charge in [0, 0.05) is 48.5 Å². The number of halogens is 1. The summed E-state index contributed by atoms with van der Waals surface area (Å²) in [6, 6.07) is 12.4. The number of nitrogens with two attached hydrogens (primary N) is 1. The van der Waals surface area contributed by atoms with Crippen molar-refractivity contribution in [3.8, 4) is 17.2 Å². The van der Waals surface area contributed by atoms with Gasteiger partial charge in [0.25, 0.3) is 0 Å². The van der Waals surface area contributed by atoms with Crippen molar-refractivity contribution in [3.05, 3.63) is 81.8 Å². The van der Waals surface area contributed by atoms with Gasteiger partial charge in [-0.3, -0.25) is 0 Å². The highest BCUT2D eigenvalue weighted by molar-refractivity contribution is 7.11. The second-order valence-electron chi connectivity index (χ2n) is 8.72. The first-order valence-corrected chi connectivity index (χ1v) is 12.2. The number of thiazole rings is 1. The summed E-state index contributed by atoms with van der Waals surface area (Å²) in [4.78, 5) is 16.1. The van der Waals surface area contributed by atoms with E-state index in [1.54, 1.807) is 23.6 Å². The molecule has 3 heterocycles. The van der Waals surface area contributed by atoms with Crippen molar-refractivity contribution in [1.82, 2.24) is 15.0 Å². The minimum absolute atomic E-state index is 0.0622. The number of nitrogens with zero attached hydrogens (tertiary/aromatic N) is 4. The highest BCUT2D eigenvalue weighted by Gasteiger charge is 2.34. The van der Waals surface area contributed by atoms with Crippen molar-refractivity contribution in [1.29, 1.82) is 0 Å². The minimum atomic E-state index is -0.429. The summed E-state index contributed by atoms with van der Waals surface area (Å²) in [5.41, 5.74) is 8.28. The third-order valence-electron chi connectivity index (χ3n) is 5.93. The molecule has 35 heavy (non-hydrogen) atoms.